The van der Waals surface area contributed by atoms with Crippen molar-refractivity contribution < 1.29 is 38.5 Å². The van der Waals surface area contributed by atoms with Crippen LogP contribution in [0.3, 0.4) is 0 Å². The van der Waals surface area contributed by atoms with Crippen molar-refractivity contribution in [3.05, 3.63) is 22.8 Å². The maximum absolute atomic E-state index is 13.1. The summed E-state index contributed by atoms with van der Waals surface area (Å²) >= 11 is 6.47. The average molecular weight is 487 g/mol. The first kappa shape index (κ1) is 25.3. The molecule has 0 bridgehead atoms. The number of carbonyl (C=O) groups is 3. The number of amides is 1. The van der Waals surface area contributed by atoms with E-state index in [9.17, 15) is 19.5 Å². The lowest BCUT2D eigenvalue weighted by atomic mass is 9.80. The number of hydrogen-bond donors (Lipinski definition) is 1. The van der Waals surface area contributed by atoms with Gasteiger partial charge in [0.1, 0.15) is 17.2 Å². The Kier molecular flexibility index (Phi) is 6.51. The van der Waals surface area contributed by atoms with E-state index in [1.165, 1.54) is 5.06 Å². The molecule has 11 heteroatoms. The number of likely N-dealkylation sites (tertiary alicyclic amines) is 1. The molecular formula is C22H31ClN2O8. The smallest absolute Gasteiger partial charge is 0.480 e. The molecule has 1 amide bonds. The van der Waals surface area contributed by atoms with Gasteiger partial charge in [0, 0.05) is 18.5 Å². The summed E-state index contributed by atoms with van der Waals surface area (Å²) in [5.41, 5.74) is -2.87. The van der Waals surface area contributed by atoms with Crippen LogP contribution in [0.25, 0.3) is 0 Å². The fourth-order valence-electron chi connectivity index (χ4n) is 4.25. The zero-order valence-electron chi connectivity index (χ0n) is 19.9. The Morgan fingerprint density at radius 2 is 1.73 bits per heavy atom. The number of fused-ring (bicyclic) bond motifs is 3. The van der Waals surface area contributed by atoms with Crippen molar-refractivity contribution in [1.82, 2.24) is 9.96 Å². The monoisotopic (exact) mass is 486 g/mol. The highest BCUT2D eigenvalue weighted by Gasteiger charge is 2.67. The van der Waals surface area contributed by atoms with Gasteiger partial charge < -0.3 is 19.3 Å². The summed E-state index contributed by atoms with van der Waals surface area (Å²) in [7, 11) is 1.61. The van der Waals surface area contributed by atoms with Gasteiger partial charge in [-0.05, 0) is 53.5 Å². The molecule has 0 aromatic rings. The average Bonchev–Trinajstić information content (AvgIpc) is 2.94. The van der Waals surface area contributed by atoms with Gasteiger partial charge in [0.05, 0.1) is 6.04 Å². The van der Waals surface area contributed by atoms with Gasteiger partial charge in [-0.15, -0.1) is 0 Å². The lowest BCUT2D eigenvalue weighted by molar-refractivity contribution is -0.286. The molecule has 10 nitrogen and oxygen atoms in total. The quantitative estimate of drug-likeness (QED) is 0.459. The van der Waals surface area contributed by atoms with Gasteiger partial charge in [-0.1, -0.05) is 23.8 Å². The molecule has 1 aliphatic carbocycles. The molecular weight excluding hydrogens is 456 g/mol. The molecule has 2 saturated heterocycles. The highest BCUT2D eigenvalue weighted by atomic mass is 35.5. The van der Waals surface area contributed by atoms with Gasteiger partial charge in [0.25, 0.3) is 0 Å². The second kappa shape index (κ2) is 8.48. The SMILES string of the molecule is CN1O[C@H]2N(C(=O)OC(C)(C)C)[C@H](C(=O)O)C[C@@]2(OC(=O)OC(C)(C)C)C2=CCC=C(Cl)C21. The summed E-state index contributed by atoms with van der Waals surface area (Å²) in [5, 5.41) is 11.8. The van der Waals surface area contributed by atoms with Crippen molar-refractivity contribution in [2.45, 2.75) is 89.5 Å². The third-order valence-corrected chi connectivity index (χ3v) is 5.71. The minimum absolute atomic E-state index is 0.258. The van der Waals surface area contributed by atoms with Crippen LogP contribution < -0.4 is 0 Å². The number of hydroxylamine groups is 2. The normalized spacial score (nSPS) is 29.9. The fourth-order valence-corrected chi connectivity index (χ4v) is 4.59. The third kappa shape index (κ3) is 4.97. The van der Waals surface area contributed by atoms with E-state index in [0.717, 1.165) is 4.90 Å². The maximum Gasteiger partial charge on any atom is 0.509 e. The number of carboxylic acid groups (broad SMARTS) is 1. The van der Waals surface area contributed by atoms with E-state index in [1.54, 1.807) is 54.7 Å². The highest BCUT2D eigenvalue weighted by molar-refractivity contribution is 6.30. The van der Waals surface area contributed by atoms with Crippen molar-refractivity contribution in [2.75, 3.05) is 7.05 Å². The van der Waals surface area contributed by atoms with E-state index in [4.69, 9.17) is 30.6 Å². The van der Waals surface area contributed by atoms with Gasteiger partial charge in [0.2, 0.25) is 6.23 Å². The van der Waals surface area contributed by atoms with Crippen LogP contribution in [0.15, 0.2) is 22.8 Å². The first-order chi connectivity index (χ1) is 15.1. The molecule has 1 N–H and O–H groups in total. The van der Waals surface area contributed by atoms with Gasteiger partial charge in [0.15, 0.2) is 5.60 Å². The molecule has 2 fully saturated rings. The number of ether oxygens (including phenoxy) is 3. The molecule has 3 rings (SSSR count). The van der Waals surface area contributed by atoms with E-state index in [-0.39, 0.29) is 6.42 Å². The largest absolute Gasteiger partial charge is 0.509 e. The van der Waals surface area contributed by atoms with Crippen molar-refractivity contribution >= 4 is 29.8 Å². The third-order valence-electron chi connectivity index (χ3n) is 5.35. The number of likely N-dealkylation sites (N-methyl/N-ethyl adjacent to an activating group) is 1. The van der Waals surface area contributed by atoms with Crippen LogP contribution in [0.2, 0.25) is 0 Å². The number of allylic oxidation sites excluding steroid dienone is 2. The van der Waals surface area contributed by atoms with Crippen LogP contribution in [-0.4, -0.2) is 75.4 Å². The van der Waals surface area contributed by atoms with Crippen molar-refractivity contribution in [3.63, 3.8) is 0 Å². The second-order valence-electron chi connectivity index (χ2n) is 10.3. The summed E-state index contributed by atoms with van der Waals surface area (Å²) in [6.45, 7) is 10.0. The Morgan fingerprint density at radius 1 is 1.12 bits per heavy atom. The number of carboxylic acids is 1. The molecule has 2 aliphatic heterocycles. The summed E-state index contributed by atoms with van der Waals surface area (Å²) in [6.07, 6.45) is 0.550. The van der Waals surface area contributed by atoms with E-state index in [0.29, 0.717) is 17.0 Å². The molecule has 0 saturated carbocycles. The second-order valence-corrected chi connectivity index (χ2v) is 10.7. The van der Waals surface area contributed by atoms with E-state index in [2.05, 4.69) is 0 Å². The van der Waals surface area contributed by atoms with Crippen LogP contribution >= 0.6 is 11.6 Å². The predicted molar refractivity (Wildman–Crippen MR) is 117 cm³/mol. The summed E-state index contributed by atoms with van der Waals surface area (Å²) < 4.78 is 16.7. The van der Waals surface area contributed by atoms with Crippen LogP contribution in [0.1, 0.15) is 54.4 Å². The number of rotatable bonds is 2. The Balaban J connectivity index is 2.11. The van der Waals surface area contributed by atoms with Crippen LogP contribution in [0.5, 0.6) is 0 Å². The Bertz CT molecular complexity index is 903. The molecule has 0 radical (unpaired) electrons. The first-order valence-corrected chi connectivity index (χ1v) is 11.1. The lowest BCUT2D eigenvalue weighted by Crippen LogP contribution is -2.63. The number of nitrogens with zero attached hydrogens (tertiary/aromatic N) is 2. The van der Waals surface area contributed by atoms with Gasteiger partial charge in [-0.25, -0.2) is 14.4 Å². The minimum atomic E-state index is -1.64. The van der Waals surface area contributed by atoms with Gasteiger partial charge in [-0.2, -0.15) is 5.06 Å². The summed E-state index contributed by atoms with van der Waals surface area (Å²) in [6, 6.07) is -2.00. The Morgan fingerprint density at radius 3 is 2.27 bits per heavy atom. The molecule has 3 aliphatic rings. The molecule has 0 aromatic carbocycles. The molecule has 1 unspecified atom stereocenters. The topological polar surface area (TPSA) is 115 Å². The molecule has 0 aromatic heterocycles. The van der Waals surface area contributed by atoms with Crippen molar-refractivity contribution in [2.24, 2.45) is 0 Å². The van der Waals surface area contributed by atoms with Gasteiger partial charge >= 0.3 is 18.2 Å². The Labute approximate surface area is 198 Å². The van der Waals surface area contributed by atoms with Crippen molar-refractivity contribution in [3.8, 4) is 0 Å². The van der Waals surface area contributed by atoms with E-state index >= 15 is 0 Å². The number of hydrogen-bond acceptors (Lipinski definition) is 8. The summed E-state index contributed by atoms with van der Waals surface area (Å²) in [4.78, 5) is 45.2. The van der Waals surface area contributed by atoms with E-state index < -0.39 is 53.3 Å². The molecule has 184 valence electrons. The summed E-state index contributed by atoms with van der Waals surface area (Å²) in [5.74, 6) is -1.29. The first-order valence-electron chi connectivity index (χ1n) is 10.7. The zero-order valence-corrected chi connectivity index (χ0v) is 20.6. The maximum atomic E-state index is 13.1. The van der Waals surface area contributed by atoms with Crippen LogP contribution in [-0.2, 0) is 23.8 Å². The molecule has 2 heterocycles. The number of halogens is 1. The van der Waals surface area contributed by atoms with Crippen molar-refractivity contribution in [1.29, 1.82) is 0 Å². The molecule has 0 spiro atoms. The minimum Gasteiger partial charge on any atom is -0.480 e. The van der Waals surface area contributed by atoms with Crippen LogP contribution in [0.4, 0.5) is 9.59 Å². The predicted octanol–water partition coefficient (Wildman–Crippen LogP) is 3.80. The Hall–Kier alpha value is -2.30. The zero-order chi connectivity index (χ0) is 24.9. The van der Waals surface area contributed by atoms with Crippen LogP contribution in [0, 0.1) is 0 Å². The number of aliphatic carboxylic acids is 1. The van der Waals surface area contributed by atoms with Gasteiger partial charge in [-0.3, -0.25) is 9.74 Å². The highest BCUT2D eigenvalue weighted by Crippen LogP contribution is 2.51. The molecule has 4 atom stereocenters. The lowest BCUT2D eigenvalue weighted by Gasteiger charge is -2.49. The van der Waals surface area contributed by atoms with E-state index in [1.807, 2.05) is 6.08 Å². The fraction of sp³-hybridized carbons (Fsp3) is 0.682. The number of carbonyl (C=O) groups excluding carboxylic acids is 2. The standard InChI is InChI=1S/C22H31ClN2O8/c1-20(2,3)30-18(28)25-14(16(26)27)11-22(32-19(29)31-21(4,5)6)12-9-8-10-13(23)15(12)24(7)33-17(22)25/h9-10,14-15,17H,8,11H2,1-7H3,(H,26,27)/t14-,15?,17+,22+/m0/s1. The molecule has 33 heavy (non-hydrogen) atoms.